The molecule has 2 atom stereocenters. The SMILES string of the molecule is CCNC(=O)C(C)NC(=O)C1COCCN1.Cl. The summed E-state index contributed by atoms with van der Waals surface area (Å²) in [5.41, 5.74) is 0. The summed E-state index contributed by atoms with van der Waals surface area (Å²) in [7, 11) is 0. The van der Waals surface area contributed by atoms with Gasteiger partial charge < -0.3 is 20.7 Å². The number of likely N-dealkylation sites (N-methyl/N-ethyl adjacent to an activating group) is 1. The van der Waals surface area contributed by atoms with E-state index in [1.165, 1.54) is 0 Å². The molecule has 100 valence electrons. The van der Waals surface area contributed by atoms with Gasteiger partial charge in [-0.25, -0.2) is 0 Å². The fraction of sp³-hybridized carbons (Fsp3) is 0.800. The predicted octanol–water partition coefficient (Wildman–Crippen LogP) is -0.963. The molecule has 2 amide bonds. The van der Waals surface area contributed by atoms with Gasteiger partial charge in [0.25, 0.3) is 0 Å². The molecule has 6 nitrogen and oxygen atoms in total. The summed E-state index contributed by atoms with van der Waals surface area (Å²) in [6.07, 6.45) is 0. The van der Waals surface area contributed by atoms with Crippen molar-refractivity contribution in [2.24, 2.45) is 0 Å². The Kier molecular flexibility index (Phi) is 7.86. The number of rotatable bonds is 4. The summed E-state index contributed by atoms with van der Waals surface area (Å²) in [4.78, 5) is 23.1. The van der Waals surface area contributed by atoms with Crippen molar-refractivity contribution in [2.75, 3.05) is 26.3 Å². The zero-order valence-corrected chi connectivity index (χ0v) is 10.9. The van der Waals surface area contributed by atoms with Crippen LogP contribution in [0, 0.1) is 0 Å². The van der Waals surface area contributed by atoms with Crippen LogP contribution in [0.15, 0.2) is 0 Å². The minimum Gasteiger partial charge on any atom is -0.378 e. The first-order valence-corrected chi connectivity index (χ1v) is 5.54. The van der Waals surface area contributed by atoms with Crippen molar-refractivity contribution in [3.8, 4) is 0 Å². The molecule has 1 aliphatic heterocycles. The van der Waals surface area contributed by atoms with Gasteiger partial charge in [-0.2, -0.15) is 0 Å². The van der Waals surface area contributed by atoms with E-state index < -0.39 is 6.04 Å². The average molecular weight is 266 g/mol. The normalized spacial score (nSPS) is 20.9. The van der Waals surface area contributed by atoms with Crippen molar-refractivity contribution >= 4 is 24.2 Å². The summed E-state index contributed by atoms with van der Waals surface area (Å²) in [6.45, 7) is 5.69. The third-order valence-electron chi connectivity index (χ3n) is 2.34. The van der Waals surface area contributed by atoms with E-state index in [0.717, 1.165) is 0 Å². The van der Waals surface area contributed by atoms with Gasteiger partial charge in [-0.15, -0.1) is 12.4 Å². The summed E-state index contributed by atoms with van der Waals surface area (Å²) >= 11 is 0. The lowest BCUT2D eigenvalue weighted by Crippen LogP contribution is -2.55. The predicted molar refractivity (Wildman–Crippen MR) is 66.1 cm³/mol. The Bertz CT molecular complexity index is 257. The topological polar surface area (TPSA) is 79.5 Å². The molecule has 0 aliphatic carbocycles. The van der Waals surface area contributed by atoms with E-state index in [9.17, 15) is 9.59 Å². The first-order valence-electron chi connectivity index (χ1n) is 5.54. The molecule has 1 fully saturated rings. The van der Waals surface area contributed by atoms with Crippen LogP contribution in [-0.4, -0.2) is 50.2 Å². The number of hydrogen-bond acceptors (Lipinski definition) is 4. The quantitative estimate of drug-likeness (QED) is 0.612. The molecule has 0 bridgehead atoms. The highest BCUT2D eigenvalue weighted by Crippen LogP contribution is 1.94. The number of carbonyl (C=O) groups is 2. The summed E-state index contributed by atoms with van der Waals surface area (Å²) < 4.78 is 5.17. The van der Waals surface area contributed by atoms with Crippen molar-refractivity contribution in [3.05, 3.63) is 0 Å². The van der Waals surface area contributed by atoms with Crippen molar-refractivity contribution in [1.82, 2.24) is 16.0 Å². The Morgan fingerprint density at radius 1 is 1.53 bits per heavy atom. The number of hydrogen-bond donors (Lipinski definition) is 3. The smallest absolute Gasteiger partial charge is 0.242 e. The van der Waals surface area contributed by atoms with Crippen LogP contribution in [0.4, 0.5) is 0 Å². The maximum atomic E-state index is 11.7. The maximum Gasteiger partial charge on any atom is 0.242 e. The van der Waals surface area contributed by atoms with Gasteiger partial charge in [0.05, 0.1) is 13.2 Å². The number of ether oxygens (including phenoxy) is 1. The second kappa shape index (κ2) is 8.27. The van der Waals surface area contributed by atoms with E-state index in [1.807, 2.05) is 6.92 Å². The molecule has 7 heteroatoms. The van der Waals surface area contributed by atoms with Crippen molar-refractivity contribution in [3.63, 3.8) is 0 Å². The standard InChI is InChI=1S/C10H19N3O3.ClH/c1-3-11-9(14)7(2)13-10(15)8-6-16-5-4-12-8;/h7-8,12H,3-6H2,1-2H3,(H,11,14)(H,13,15);1H. The van der Waals surface area contributed by atoms with Gasteiger partial charge in [-0.1, -0.05) is 0 Å². The average Bonchev–Trinajstić information content (AvgIpc) is 2.30. The molecule has 1 saturated heterocycles. The number of halogens is 1. The van der Waals surface area contributed by atoms with Gasteiger partial charge in [-0.05, 0) is 13.8 Å². The molecule has 0 radical (unpaired) electrons. The third-order valence-corrected chi connectivity index (χ3v) is 2.34. The molecular formula is C10H20ClN3O3. The summed E-state index contributed by atoms with van der Waals surface area (Å²) in [5.74, 6) is -0.369. The maximum absolute atomic E-state index is 11.7. The van der Waals surface area contributed by atoms with Crippen molar-refractivity contribution < 1.29 is 14.3 Å². The lowest BCUT2D eigenvalue weighted by molar-refractivity contribution is -0.131. The lowest BCUT2D eigenvalue weighted by atomic mass is 10.2. The van der Waals surface area contributed by atoms with Gasteiger partial charge in [0.1, 0.15) is 12.1 Å². The van der Waals surface area contributed by atoms with Crippen LogP contribution in [0.25, 0.3) is 0 Å². The van der Waals surface area contributed by atoms with Gasteiger partial charge >= 0.3 is 0 Å². The zero-order chi connectivity index (χ0) is 12.0. The Hall–Kier alpha value is -0.850. The fourth-order valence-corrected chi connectivity index (χ4v) is 1.44. The largest absolute Gasteiger partial charge is 0.378 e. The molecule has 1 aliphatic rings. The van der Waals surface area contributed by atoms with Gasteiger partial charge in [0, 0.05) is 13.1 Å². The minimum atomic E-state index is -0.517. The number of amides is 2. The molecule has 0 aromatic carbocycles. The van der Waals surface area contributed by atoms with Crippen LogP contribution in [0.1, 0.15) is 13.8 Å². The van der Waals surface area contributed by atoms with Crippen LogP contribution in [-0.2, 0) is 14.3 Å². The van der Waals surface area contributed by atoms with E-state index >= 15 is 0 Å². The molecular weight excluding hydrogens is 246 g/mol. The molecule has 3 N–H and O–H groups in total. The van der Waals surface area contributed by atoms with Gasteiger partial charge in [-0.3, -0.25) is 9.59 Å². The summed E-state index contributed by atoms with van der Waals surface area (Å²) in [6, 6.07) is -0.873. The number of morpholine rings is 1. The van der Waals surface area contributed by atoms with E-state index in [4.69, 9.17) is 4.74 Å². The summed E-state index contributed by atoms with van der Waals surface area (Å²) in [5, 5.41) is 8.32. The first-order chi connectivity index (χ1) is 7.65. The molecule has 0 saturated carbocycles. The lowest BCUT2D eigenvalue weighted by Gasteiger charge is -2.24. The van der Waals surface area contributed by atoms with Crippen LogP contribution in [0.3, 0.4) is 0 Å². The van der Waals surface area contributed by atoms with E-state index in [0.29, 0.717) is 26.3 Å². The monoisotopic (exact) mass is 265 g/mol. The van der Waals surface area contributed by atoms with E-state index in [-0.39, 0.29) is 30.3 Å². The van der Waals surface area contributed by atoms with E-state index in [1.54, 1.807) is 6.92 Å². The number of carbonyl (C=O) groups excluding carboxylic acids is 2. The highest BCUT2D eigenvalue weighted by molar-refractivity contribution is 5.89. The molecule has 2 unspecified atom stereocenters. The molecule has 0 spiro atoms. The van der Waals surface area contributed by atoms with Crippen molar-refractivity contribution in [2.45, 2.75) is 25.9 Å². The first kappa shape index (κ1) is 16.1. The third kappa shape index (κ3) is 5.34. The van der Waals surface area contributed by atoms with Crippen LogP contribution in [0.2, 0.25) is 0 Å². The molecule has 17 heavy (non-hydrogen) atoms. The highest BCUT2D eigenvalue weighted by Gasteiger charge is 2.24. The molecule has 1 heterocycles. The Morgan fingerprint density at radius 2 is 2.24 bits per heavy atom. The van der Waals surface area contributed by atoms with Crippen molar-refractivity contribution in [1.29, 1.82) is 0 Å². The second-order valence-corrected chi connectivity index (χ2v) is 3.71. The van der Waals surface area contributed by atoms with Crippen LogP contribution >= 0.6 is 12.4 Å². The van der Waals surface area contributed by atoms with Gasteiger partial charge in [0.15, 0.2) is 0 Å². The zero-order valence-electron chi connectivity index (χ0n) is 10.1. The Balaban J connectivity index is 0.00000256. The number of nitrogens with one attached hydrogen (secondary N) is 3. The van der Waals surface area contributed by atoms with Crippen LogP contribution < -0.4 is 16.0 Å². The molecule has 1 rings (SSSR count). The Morgan fingerprint density at radius 3 is 2.76 bits per heavy atom. The highest BCUT2D eigenvalue weighted by atomic mass is 35.5. The van der Waals surface area contributed by atoms with Gasteiger partial charge in [0.2, 0.25) is 11.8 Å². The molecule has 0 aromatic heterocycles. The fourth-order valence-electron chi connectivity index (χ4n) is 1.44. The molecule has 0 aromatic rings. The minimum absolute atomic E-state index is 0. The second-order valence-electron chi connectivity index (χ2n) is 3.71. The van der Waals surface area contributed by atoms with E-state index in [2.05, 4.69) is 16.0 Å². The Labute approximate surface area is 107 Å². The van der Waals surface area contributed by atoms with Crippen LogP contribution in [0.5, 0.6) is 0 Å².